The third-order valence-corrected chi connectivity index (χ3v) is 8.39. The van der Waals surface area contributed by atoms with Crippen LogP contribution >= 0.6 is 0 Å². The van der Waals surface area contributed by atoms with Gasteiger partial charge in [-0.05, 0) is 23.8 Å². The van der Waals surface area contributed by atoms with Gasteiger partial charge in [0.2, 0.25) is 23.6 Å². The number of methoxy groups -OCH3 is 3. The van der Waals surface area contributed by atoms with E-state index in [1.54, 1.807) is 58.0 Å². The minimum absolute atomic E-state index is 0.0751. The number of ether oxygens (including phenoxy) is 4. The van der Waals surface area contributed by atoms with Crippen LogP contribution in [0.15, 0.2) is 30.3 Å². The lowest BCUT2D eigenvalue weighted by Crippen LogP contribution is -2.60. The highest BCUT2D eigenvalue weighted by atomic mass is 19.1. The zero-order chi connectivity index (χ0) is 41.7. The molecule has 0 aromatic heterocycles. The number of amides is 5. The van der Waals surface area contributed by atoms with E-state index < -0.39 is 115 Å². The molecule has 0 radical (unpaired) electrons. The second-order valence-corrected chi connectivity index (χ2v) is 12.8. The highest BCUT2D eigenvalue weighted by Crippen LogP contribution is 2.13. The molecule has 18 nitrogen and oxygen atoms in total. The molecule has 1 aromatic rings. The number of hydrogen-bond acceptors (Lipinski definition) is 13. The summed E-state index contributed by atoms with van der Waals surface area (Å²) in [5.74, 6) is -8.79. The number of ketones is 1. The Bertz CT molecular complexity index is 1490. The van der Waals surface area contributed by atoms with Crippen LogP contribution < -0.4 is 26.6 Å². The standard InChI is InChI=1S/C36H52FN5O13/c1-8-21(4)31(35(50)40-25(17-29(46)54-7)33(48)39-24(26(43)18-37)16-28(45)53-6)41-32(47)23(14-15-27(44)52-5)38-34(49)30(20(2)3)42-36(51)55-19-22-12-10-9-11-13-22/h9-13,20-21,23-25,30-31H,8,14-19H2,1-7H3,(H,38,49)(H,39,48)(H,40,50)(H,41,47)(H,42,51)/t21-,23-,24-,25-,30-,31-/m0/s1. The maximum Gasteiger partial charge on any atom is 0.408 e. The van der Waals surface area contributed by atoms with Crippen molar-refractivity contribution in [3.63, 3.8) is 0 Å². The molecule has 1 rings (SSSR count). The molecule has 1 aromatic carbocycles. The molecule has 0 saturated carbocycles. The van der Waals surface area contributed by atoms with E-state index in [0.29, 0.717) is 12.0 Å². The summed E-state index contributed by atoms with van der Waals surface area (Å²) in [5, 5.41) is 12.0. The molecule has 19 heteroatoms. The Balaban J connectivity index is 3.30. The topological polar surface area (TPSA) is 251 Å². The quantitative estimate of drug-likeness (QED) is 0.0752. The number of halogens is 1. The Labute approximate surface area is 318 Å². The average Bonchev–Trinajstić information content (AvgIpc) is 3.17. The molecule has 6 atom stereocenters. The van der Waals surface area contributed by atoms with Crippen LogP contribution in [0, 0.1) is 11.8 Å². The number of alkyl halides is 1. The van der Waals surface area contributed by atoms with Crippen molar-refractivity contribution >= 4 is 53.4 Å². The highest BCUT2D eigenvalue weighted by molar-refractivity contribution is 5.98. The van der Waals surface area contributed by atoms with Crippen molar-refractivity contribution in [3.8, 4) is 0 Å². The molecule has 5 amide bonds. The molecule has 0 fully saturated rings. The molecular formula is C36H52FN5O13. The Morgan fingerprint density at radius 2 is 1.15 bits per heavy atom. The monoisotopic (exact) mass is 781 g/mol. The van der Waals surface area contributed by atoms with Crippen molar-refractivity contribution in [1.82, 2.24) is 26.6 Å². The summed E-state index contributed by atoms with van der Waals surface area (Å²) >= 11 is 0. The van der Waals surface area contributed by atoms with Crippen LogP contribution in [0.1, 0.15) is 65.4 Å². The summed E-state index contributed by atoms with van der Waals surface area (Å²) in [6.45, 7) is 4.95. The summed E-state index contributed by atoms with van der Waals surface area (Å²) in [6.07, 6.45) is -2.74. The van der Waals surface area contributed by atoms with Gasteiger partial charge in [-0.3, -0.25) is 38.4 Å². The molecule has 0 bridgehead atoms. The van der Waals surface area contributed by atoms with Gasteiger partial charge in [0.15, 0.2) is 5.78 Å². The Kier molecular flexibility index (Phi) is 21.2. The van der Waals surface area contributed by atoms with E-state index in [2.05, 4.69) is 40.8 Å². The van der Waals surface area contributed by atoms with Crippen LogP contribution in [0.2, 0.25) is 0 Å². The van der Waals surface area contributed by atoms with E-state index in [0.717, 1.165) is 21.3 Å². The second-order valence-electron chi connectivity index (χ2n) is 12.8. The van der Waals surface area contributed by atoms with Crippen LogP contribution in [0.5, 0.6) is 0 Å². The number of carbonyl (C=O) groups is 9. The fraction of sp³-hybridized carbons (Fsp3) is 0.583. The molecule has 0 heterocycles. The summed E-state index contributed by atoms with van der Waals surface area (Å²) in [5.41, 5.74) is 0.703. The van der Waals surface area contributed by atoms with Gasteiger partial charge < -0.3 is 45.5 Å². The minimum Gasteiger partial charge on any atom is -0.469 e. The number of Topliss-reactive ketones (excluding diaryl/α,β-unsaturated/α-hetero) is 1. The van der Waals surface area contributed by atoms with Crippen LogP contribution in [0.25, 0.3) is 0 Å². The summed E-state index contributed by atoms with van der Waals surface area (Å²) in [7, 11) is 3.16. The first-order chi connectivity index (χ1) is 26.0. The van der Waals surface area contributed by atoms with Crippen LogP contribution in [-0.4, -0.2) is 112 Å². The molecule has 55 heavy (non-hydrogen) atoms. The zero-order valence-corrected chi connectivity index (χ0v) is 32.1. The second kappa shape index (κ2) is 24.6. The third-order valence-electron chi connectivity index (χ3n) is 8.39. The van der Waals surface area contributed by atoms with Gasteiger partial charge in [-0.1, -0.05) is 64.4 Å². The average molecular weight is 782 g/mol. The minimum atomic E-state index is -1.73. The summed E-state index contributed by atoms with van der Waals surface area (Å²) < 4.78 is 32.3. The summed E-state index contributed by atoms with van der Waals surface area (Å²) in [6, 6.07) is 1.32. The van der Waals surface area contributed by atoms with Gasteiger partial charge in [0.1, 0.15) is 43.5 Å². The number of rotatable bonds is 23. The van der Waals surface area contributed by atoms with Crippen molar-refractivity contribution in [1.29, 1.82) is 0 Å². The number of carbonyl (C=O) groups excluding carboxylic acids is 9. The molecule has 0 spiro atoms. The number of hydrogen-bond donors (Lipinski definition) is 5. The molecule has 0 unspecified atom stereocenters. The van der Waals surface area contributed by atoms with E-state index in [1.807, 2.05) is 0 Å². The smallest absolute Gasteiger partial charge is 0.408 e. The van der Waals surface area contributed by atoms with Crippen molar-refractivity contribution in [2.45, 2.75) is 96.6 Å². The Hall–Kier alpha value is -5.62. The lowest BCUT2D eigenvalue weighted by atomic mass is 9.96. The van der Waals surface area contributed by atoms with E-state index >= 15 is 0 Å². The fourth-order valence-corrected chi connectivity index (χ4v) is 4.86. The predicted molar refractivity (Wildman–Crippen MR) is 191 cm³/mol. The van der Waals surface area contributed by atoms with Crippen molar-refractivity contribution in [3.05, 3.63) is 35.9 Å². The van der Waals surface area contributed by atoms with Gasteiger partial charge in [0.25, 0.3) is 0 Å². The van der Waals surface area contributed by atoms with Crippen LogP contribution in [-0.2, 0) is 63.9 Å². The van der Waals surface area contributed by atoms with E-state index in [9.17, 15) is 47.5 Å². The van der Waals surface area contributed by atoms with Crippen molar-refractivity contribution in [2.24, 2.45) is 11.8 Å². The van der Waals surface area contributed by atoms with Gasteiger partial charge in [0.05, 0.1) is 34.2 Å². The van der Waals surface area contributed by atoms with Crippen molar-refractivity contribution < 1.29 is 66.5 Å². The number of benzene rings is 1. The van der Waals surface area contributed by atoms with Gasteiger partial charge in [-0.2, -0.15) is 0 Å². The Morgan fingerprint density at radius 1 is 0.636 bits per heavy atom. The first-order valence-corrected chi connectivity index (χ1v) is 17.5. The normalized spacial score (nSPS) is 14.0. The fourth-order valence-electron chi connectivity index (χ4n) is 4.86. The van der Waals surface area contributed by atoms with Crippen LogP contribution in [0.3, 0.4) is 0 Å². The zero-order valence-electron chi connectivity index (χ0n) is 32.1. The van der Waals surface area contributed by atoms with Gasteiger partial charge in [-0.25, -0.2) is 9.18 Å². The van der Waals surface area contributed by atoms with Crippen molar-refractivity contribution in [2.75, 3.05) is 28.0 Å². The third kappa shape index (κ3) is 16.9. The summed E-state index contributed by atoms with van der Waals surface area (Å²) in [4.78, 5) is 115. The maximum absolute atomic E-state index is 13.8. The number of nitrogens with one attached hydrogen (secondary N) is 5. The largest absolute Gasteiger partial charge is 0.469 e. The molecule has 0 aliphatic carbocycles. The Morgan fingerprint density at radius 3 is 1.67 bits per heavy atom. The van der Waals surface area contributed by atoms with E-state index in [4.69, 9.17) is 4.74 Å². The van der Waals surface area contributed by atoms with Crippen LogP contribution in [0.4, 0.5) is 9.18 Å². The highest BCUT2D eigenvalue weighted by Gasteiger charge is 2.36. The SMILES string of the molecule is CC[C@H](C)[C@H](NC(=O)[C@H](CCC(=O)OC)NC(=O)[C@@H](NC(=O)OCc1ccccc1)C(C)C)C(=O)N[C@@H](CC(=O)OC)C(=O)N[C@@H](CC(=O)OC)C(=O)CF. The lowest BCUT2D eigenvalue weighted by molar-refractivity contribution is -0.146. The molecule has 306 valence electrons. The maximum atomic E-state index is 13.8. The van der Waals surface area contributed by atoms with E-state index in [-0.39, 0.29) is 19.4 Å². The number of esters is 3. The van der Waals surface area contributed by atoms with Gasteiger partial charge in [-0.15, -0.1) is 0 Å². The molecule has 5 N–H and O–H groups in total. The molecule has 0 saturated heterocycles. The predicted octanol–water partition coefficient (Wildman–Crippen LogP) is 0.541. The first-order valence-electron chi connectivity index (χ1n) is 17.5. The number of alkyl carbamates (subject to hydrolysis) is 1. The molecular weight excluding hydrogens is 729 g/mol. The van der Waals surface area contributed by atoms with E-state index in [1.165, 1.54) is 0 Å². The lowest BCUT2D eigenvalue weighted by Gasteiger charge is -2.29. The molecule has 0 aliphatic heterocycles. The van der Waals surface area contributed by atoms with Gasteiger partial charge in [0, 0.05) is 6.42 Å². The van der Waals surface area contributed by atoms with Gasteiger partial charge >= 0.3 is 24.0 Å². The molecule has 0 aliphatic rings. The first kappa shape index (κ1) is 47.4.